The maximum atomic E-state index is 11.9. The van der Waals surface area contributed by atoms with Gasteiger partial charge in [-0.2, -0.15) is 0 Å². The van der Waals surface area contributed by atoms with Crippen LogP contribution in [-0.4, -0.2) is 18.1 Å². The first kappa shape index (κ1) is 13.7. The molecule has 2 aromatic rings. The number of methoxy groups -OCH3 is 1. The second-order valence-electron chi connectivity index (χ2n) is 4.31. The summed E-state index contributed by atoms with van der Waals surface area (Å²) in [6, 6.07) is 11.7. The van der Waals surface area contributed by atoms with Gasteiger partial charge in [-0.1, -0.05) is 12.1 Å². The van der Waals surface area contributed by atoms with Crippen LogP contribution in [0.15, 0.2) is 42.5 Å². The lowest BCUT2D eigenvalue weighted by Crippen LogP contribution is -2.22. The summed E-state index contributed by atoms with van der Waals surface area (Å²) in [7, 11) is 1.48. The van der Waals surface area contributed by atoms with Crippen LogP contribution in [0.3, 0.4) is 0 Å². The van der Waals surface area contributed by atoms with Gasteiger partial charge in [-0.3, -0.25) is 4.79 Å². The molecule has 104 valence electrons. The first-order valence-electron chi connectivity index (χ1n) is 6.10. The summed E-state index contributed by atoms with van der Waals surface area (Å²) in [5, 5.41) is 12.3. The van der Waals surface area contributed by atoms with Crippen molar-refractivity contribution in [2.45, 2.75) is 6.54 Å². The number of hydrogen-bond acceptors (Lipinski definition) is 4. The van der Waals surface area contributed by atoms with Gasteiger partial charge in [0.05, 0.1) is 7.11 Å². The normalized spacial score (nSPS) is 10.1. The standard InChI is InChI=1S/C15H16N2O3/c1-20-14-7-10(5-6-13(14)18)9-17-15(19)11-3-2-4-12(16)8-11/h2-8,18H,9,16H2,1H3,(H,17,19). The minimum Gasteiger partial charge on any atom is -0.504 e. The fraction of sp³-hybridized carbons (Fsp3) is 0.133. The Morgan fingerprint density at radius 2 is 2.10 bits per heavy atom. The summed E-state index contributed by atoms with van der Waals surface area (Å²) in [6.07, 6.45) is 0. The van der Waals surface area contributed by atoms with Gasteiger partial charge in [-0.05, 0) is 35.9 Å². The number of nitrogens with one attached hydrogen (secondary N) is 1. The third-order valence-corrected chi connectivity index (χ3v) is 2.85. The van der Waals surface area contributed by atoms with E-state index in [9.17, 15) is 9.90 Å². The van der Waals surface area contributed by atoms with E-state index in [1.54, 1.807) is 36.4 Å². The quantitative estimate of drug-likeness (QED) is 0.742. The number of anilines is 1. The van der Waals surface area contributed by atoms with Crippen LogP contribution >= 0.6 is 0 Å². The Morgan fingerprint density at radius 3 is 2.80 bits per heavy atom. The second-order valence-corrected chi connectivity index (χ2v) is 4.31. The molecule has 20 heavy (non-hydrogen) atoms. The fourth-order valence-electron chi connectivity index (χ4n) is 1.80. The van der Waals surface area contributed by atoms with Gasteiger partial charge in [0.1, 0.15) is 0 Å². The molecule has 4 N–H and O–H groups in total. The lowest BCUT2D eigenvalue weighted by atomic mass is 10.1. The zero-order chi connectivity index (χ0) is 14.5. The molecule has 0 unspecified atom stereocenters. The van der Waals surface area contributed by atoms with Gasteiger partial charge < -0.3 is 20.9 Å². The van der Waals surface area contributed by atoms with Gasteiger partial charge >= 0.3 is 0 Å². The predicted molar refractivity (Wildman–Crippen MR) is 76.7 cm³/mol. The predicted octanol–water partition coefficient (Wildman–Crippen LogP) is 1.91. The Kier molecular flexibility index (Phi) is 4.10. The first-order chi connectivity index (χ1) is 9.60. The summed E-state index contributed by atoms with van der Waals surface area (Å²) >= 11 is 0. The number of phenols is 1. The average Bonchev–Trinajstić information content (AvgIpc) is 2.46. The van der Waals surface area contributed by atoms with Gasteiger partial charge in [-0.15, -0.1) is 0 Å². The van der Waals surface area contributed by atoms with Crippen molar-refractivity contribution in [2.24, 2.45) is 0 Å². The molecule has 0 saturated carbocycles. The van der Waals surface area contributed by atoms with Crippen LogP contribution in [0.4, 0.5) is 5.69 Å². The monoisotopic (exact) mass is 272 g/mol. The van der Waals surface area contributed by atoms with Crippen LogP contribution in [0.1, 0.15) is 15.9 Å². The molecule has 0 bridgehead atoms. The maximum absolute atomic E-state index is 11.9. The minimum absolute atomic E-state index is 0.0680. The summed E-state index contributed by atoms with van der Waals surface area (Å²) in [5.74, 6) is 0.239. The zero-order valence-corrected chi connectivity index (χ0v) is 11.1. The zero-order valence-electron chi connectivity index (χ0n) is 11.1. The molecular formula is C15H16N2O3. The lowest BCUT2D eigenvalue weighted by Gasteiger charge is -2.08. The summed E-state index contributed by atoms with van der Waals surface area (Å²) in [5.41, 5.74) is 7.52. The number of carbonyl (C=O) groups excluding carboxylic acids is 1. The topological polar surface area (TPSA) is 84.6 Å². The number of amides is 1. The van der Waals surface area contributed by atoms with Crippen molar-refractivity contribution >= 4 is 11.6 Å². The largest absolute Gasteiger partial charge is 0.504 e. The van der Waals surface area contributed by atoms with Crippen LogP contribution in [0.2, 0.25) is 0 Å². The summed E-state index contributed by atoms with van der Waals surface area (Å²) < 4.78 is 5.01. The number of carbonyl (C=O) groups is 1. The van der Waals surface area contributed by atoms with E-state index in [2.05, 4.69) is 5.32 Å². The number of ether oxygens (including phenoxy) is 1. The number of benzene rings is 2. The highest BCUT2D eigenvalue weighted by atomic mass is 16.5. The number of nitrogen functional groups attached to an aromatic ring is 1. The molecule has 0 aromatic heterocycles. The van der Waals surface area contributed by atoms with Gasteiger partial charge in [0.15, 0.2) is 11.5 Å². The number of nitrogens with two attached hydrogens (primary N) is 1. The van der Waals surface area contributed by atoms with E-state index < -0.39 is 0 Å². The average molecular weight is 272 g/mol. The van der Waals surface area contributed by atoms with E-state index in [1.165, 1.54) is 13.2 Å². The molecule has 0 radical (unpaired) electrons. The molecule has 0 aliphatic heterocycles. The van der Waals surface area contributed by atoms with Crippen molar-refractivity contribution < 1.29 is 14.6 Å². The third-order valence-electron chi connectivity index (χ3n) is 2.85. The molecule has 1 amide bonds. The SMILES string of the molecule is COc1cc(CNC(=O)c2cccc(N)c2)ccc1O. The van der Waals surface area contributed by atoms with Crippen LogP contribution in [0, 0.1) is 0 Å². The van der Waals surface area contributed by atoms with Gasteiger partial charge in [-0.25, -0.2) is 0 Å². The second kappa shape index (κ2) is 5.97. The van der Waals surface area contributed by atoms with Crippen LogP contribution in [-0.2, 0) is 6.54 Å². The highest BCUT2D eigenvalue weighted by Crippen LogP contribution is 2.26. The lowest BCUT2D eigenvalue weighted by molar-refractivity contribution is 0.0951. The number of aromatic hydroxyl groups is 1. The molecule has 0 aliphatic rings. The van der Waals surface area contributed by atoms with Crippen LogP contribution in [0.25, 0.3) is 0 Å². The Hall–Kier alpha value is -2.69. The van der Waals surface area contributed by atoms with Crippen LogP contribution in [0.5, 0.6) is 11.5 Å². The van der Waals surface area contributed by atoms with Crippen molar-refractivity contribution in [3.8, 4) is 11.5 Å². The third kappa shape index (κ3) is 3.20. The van der Waals surface area contributed by atoms with Crippen molar-refractivity contribution in [2.75, 3.05) is 12.8 Å². The molecule has 0 atom stereocenters. The molecule has 5 nitrogen and oxygen atoms in total. The van der Waals surface area contributed by atoms with E-state index in [0.29, 0.717) is 23.5 Å². The van der Waals surface area contributed by atoms with Crippen molar-refractivity contribution in [1.82, 2.24) is 5.32 Å². The smallest absolute Gasteiger partial charge is 0.251 e. The summed E-state index contributed by atoms with van der Waals surface area (Å²) in [6.45, 7) is 0.338. The van der Waals surface area contributed by atoms with Gasteiger partial charge in [0.25, 0.3) is 5.91 Å². The fourth-order valence-corrected chi connectivity index (χ4v) is 1.80. The molecule has 0 fully saturated rings. The first-order valence-corrected chi connectivity index (χ1v) is 6.10. The molecule has 0 spiro atoms. The Labute approximate surface area is 117 Å². The number of phenolic OH excluding ortho intramolecular Hbond substituents is 1. The molecular weight excluding hydrogens is 256 g/mol. The molecule has 0 heterocycles. The van der Waals surface area contributed by atoms with Crippen LogP contribution < -0.4 is 15.8 Å². The highest BCUT2D eigenvalue weighted by Gasteiger charge is 2.07. The van der Waals surface area contributed by atoms with E-state index in [1.807, 2.05) is 0 Å². The van der Waals surface area contributed by atoms with Crippen molar-refractivity contribution in [3.05, 3.63) is 53.6 Å². The van der Waals surface area contributed by atoms with Crippen molar-refractivity contribution in [1.29, 1.82) is 0 Å². The Bertz CT molecular complexity index is 626. The van der Waals surface area contributed by atoms with E-state index >= 15 is 0 Å². The molecule has 0 saturated heterocycles. The molecule has 5 heteroatoms. The van der Waals surface area contributed by atoms with E-state index in [4.69, 9.17) is 10.5 Å². The Balaban J connectivity index is 2.03. The van der Waals surface area contributed by atoms with E-state index in [0.717, 1.165) is 5.56 Å². The maximum Gasteiger partial charge on any atom is 0.251 e. The molecule has 0 aliphatic carbocycles. The van der Waals surface area contributed by atoms with Gasteiger partial charge in [0.2, 0.25) is 0 Å². The number of hydrogen-bond donors (Lipinski definition) is 3. The van der Waals surface area contributed by atoms with E-state index in [-0.39, 0.29) is 11.7 Å². The summed E-state index contributed by atoms with van der Waals surface area (Å²) in [4.78, 5) is 11.9. The molecule has 2 rings (SSSR count). The van der Waals surface area contributed by atoms with Gasteiger partial charge in [0, 0.05) is 17.8 Å². The Morgan fingerprint density at radius 1 is 1.30 bits per heavy atom. The molecule has 2 aromatic carbocycles. The van der Waals surface area contributed by atoms with Crippen molar-refractivity contribution in [3.63, 3.8) is 0 Å². The minimum atomic E-state index is -0.204. The number of rotatable bonds is 4. The highest BCUT2D eigenvalue weighted by molar-refractivity contribution is 5.94.